The lowest BCUT2D eigenvalue weighted by atomic mass is 10.4. The summed E-state index contributed by atoms with van der Waals surface area (Å²) in [5.41, 5.74) is 0.969. The highest BCUT2D eigenvalue weighted by Gasteiger charge is 2.05. The molecule has 2 rings (SSSR count). The molecule has 19 heavy (non-hydrogen) atoms. The summed E-state index contributed by atoms with van der Waals surface area (Å²) in [5, 5.41) is 10.7. The fourth-order valence-electron chi connectivity index (χ4n) is 1.54. The number of nitrogens with one attached hydrogen (secondary N) is 2. The van der Waals surface area contributed by atoms with Gasteiger partial charge in [-0.05, 0) is 28.4 Å². The average molecular weight is 325 g/mol. The van der Waals surface area contributed by atoms with Crippen LogP contribution in [-0.4, -0.2) is 26.3 Å². The largest absolute Gasteiger partial charge is 0.363 e. The van der Waals surface area contributed by atoms with Crippen molar-refractivity contribution in [2.24, 2.45) is 7.05 Å². The van der Waals surface area contributed by atoms with Crippen molar-refractivity contribution in [3.63, 3.8) is 0 Å². The van der Waals surface area contributed by atoms with Crippen LogP contribution >= 0.6 is 15.9 Å². The van der Waals surface area contributed by atoms with Gasteiger partial charge in [0.05, 0.1) is 16.7 Å². The Labute approximate surface area is 120 Å². The number of rotatable bonds is 6. The second kappa shape index (κ2) is 6.51. The number of aryl methyl sites for hydroxylation is 1. The Kier molecular flexibility index (Phi) is 4.73. The van der Waals surface area contributed by atoms with Crippen LogP contribution in [0, 0.1) is 0 Å². The summed E-state index contributed by atoms with van der Waals surface area (Å²) in [6.07, 6.45) is 4.70. The fourth-order valence-corrected chi connectivity index (χ4v) is 1.88. The van der Waals surface area contributed by atoms with Gasteiger partial charge in [-0.15, -0.1) is 0 Å². The maximum absolute atomic E-state index is 4.42. The van der Waals surface area contributed by atoms with Crippen molar-refractivity contribution in [2.45, 2.75) is 19.9 Å². The zero-order valence-corrected chi connectivity index (χ0v) is 12.6. The molecule has 0 atom stereocenters. The lowest BCUT2D eigenvalue weighted by molar-refractivity contribution is 0.747. The fraction of sp³-hybridized carbons (Fsp3) is 0.417. The van der Waals surface area contributed by atoms with Crippen LogP contribution in [0.3, 0.4) is 0 Å². The third-order valence-electron chi connectivity index (χ3n) is 2.48. The molecule has 2 heterocycles. The standard InChI is InChI=1S/C12H17BrN6/c1-3-5-14-12-16-8-10(13)11(17-12)15-7-9-4-6-19(2)18-9/h4,6,8H,3,5,7H2,1-2H3,(H2,14,15,16,17). The molecule has 102 valence electrons. The molecule has 0 aromatic carbocycles. The Morgan fingerprint density at radius 2 is 2.21 bits per heavy atom. The summed E-state index contributed by atoms with van der Waals surface area (Å²) < 4.78 is 2.62. The van der Waals surface area contributed by atoms with E-state index in [-0.39, 0.29) is 0 Å². The molecule has 0 radical (unpaired) electrons. The highest BCUT2D eigenvalue weighted by Crippen LogP contribution is 2.20. The smallest absolute Gasteiger partial charge is 0.224 e. The van der Waals surface area contributed by atoms with Crippen LogP contribution in [0.4, 0.5) is 11.8 Å². The Hall–Kier alpha value is -1.63. The highest BCUT2D eigenvalue weighted by molar-refractivity contribution is 9.10. The van der Waals surface area contributed by atoms with Crippen molar-refractivity contribution in [3.8, 4) is 0 Å². The van der Waals surface area contributed by atoms with Gasteiger partial charge in [0.25, 0.3) is 0 Å². The number of halogens is 1. The first-order valence-electron chi connectivity index (χ1n) is 6.18. The first-order chi connectivity index (χ1) is 9.19. The number of aromatic nitrogens is 4. The van der Waals surface area contributed by atoms with Crippen LogP contribution < -0.4 is 10.6 Å². The van der Waals surface area contributed by atoms with Crippen LogP contribution in [0.15, 0.2) is 22.9 Å². The molecule has 0 saturated heterocycles. The predicted molar refractivity (Wildman–Crippen MR) is 79.0 cm³/mol. The first kappa shape index (κ1) is 13.8. The van der Waals surface area contributed by atoms with E-state index in [1.807, 2.05) is 19.3 Å². The molecule has 0 fully saturated rings. The molecule has 0 aliphatic rings. The van der Waals surface area contributed by atoms with Crippen LogP contribution in [0.25, 0.3) is 0 Å². The molecule has 0 spiro atoms. The van der Waals surface area contributed by atoms with Gasteiger partial charge in [0.1, 0.15) is 5.82 Å². The molecule has 0 amide bonds. The minimum Gasteiger partial charge on any atom is -0.363 e. The minimum absolute atomic E-state index is 0.629. The van der Waals surface area contributed by atoms with Crippen LogP contribution in [0.5, 0.6) is 0 Å². The molecule has 0 bridgehead atoms. The van der Waals surface area contributed by atoms with Crippen LogP contribution in [-0.2, 0) is 13.6 Å². The van der Waals surface area contributed by atoms with E-state index < -0.39 is 0 Å². The maximum atomic E-state index is 4.42. The van der Waals surface area contributed by atoms with Gasteiger partial charge < -0.3 is 10.6 Å². The van der Waals surface area contributed by atoms with E-state index in [0.29, 0.717) is 12.5 Å². The number of hydrogen-bond acceptors (Lipinski definition) is 5. The molecule has 7 heteroatoms. The van der Waals surface area contributed by atoms with Gasteiger partial charge in [0.2, 0.25) is 5.95 Å². The van der Waals surface area contributed by atoms with Gasteiger partial charge in [-0.25, -0.2) is 4.98 Å². The molecule has 6 nitrogen and oxygen atoms in total. The molecule has 0 saturated carbocycles. The quantitative estimate of drug-likeness (QED) is 0.854. The normalized spacial score (nSPS) is 10.5. The van der Waals surface area contributed by atoms with E-state index in [2.05, 4.69) is 48.6 Å². The Morgan fingerprint density at radius 1 is 1.37 bits per heavy atom. The van der Waals surface area contributed by atoms with E-state index in [0.717, 1.165) is 29.0 Å². The SMILES string of the molecule is CCCNc1ncc(Br)c(NCc2ccn(C)n2)n1. The molecular weight excluding hydrogens is 308 g/mol. The second-order valence-electron chi connectivity index (χ2n) is 4.15. The van der Waals surface area contributed by atoms with Crippen molar-refractivity contribution < 1.29 is 0 Å². The lowest BCUT2D eigenvalue weighted by Gasteiger charge is -2.08. The van der Waals surface area contributed by atoms with Gasteiger partial charge in [-0.1, -0.05) is 6.92 Å². The van der Waals surface area contributed by atoms with E-state index in [9.17, 15) is 0 Å². The average Bonchev–Trinajstić information content (AvgIpc) is 2.82. The summed E-state index contributed by atoms with van der Waals surface area (Å²) in [5.74, 6) is 1.40. The summed E-state index contributed by atoms with van der Waals surface area (Å²) in [7, 11) is 1.90. The molecular formula is C12H17BrN6. The van der Waals surface area contributed by atoms with E-state index >= 15 is 0 Å². The summed E-state index contributed by atoms with van der Waals surface area (Å²) >= 11 is 3.44. The minimum atomic E-state index is 0.629. The zero-order valence-electron chi connectivity index (χ0n) is 11.0. The predicted octanol–water partition coefficient (Wildman–Crippen LogP) is 2.41. The molecule has 0 aliphatic carbocycles. The van der Waals surface area contributed by atoms with Gasteiger partial charge >= 0.3 is 0 Å². The summed E-state index contributed by atoms with van der Waals surface area (Å²) in [6, 6.07) is 1.97. The van der Waals surface area contributed by atoms with E-state index in [1.165, 1.54) is 0 Å². The van der Waals surface area contributed by atoms with Crippen LogP contribution in [0.2, 0.25) is 0 Å². The number of hydrogen-bond donors (Lipinski definition) is 2. The van der Waals surface area contributed by atoms with Crippen molar-refractivity contribution in [1.82, 2.24) is 19.7 Å². The summed E-state index contributed by atoms with van der Waals surface area (Å²) in [4.78, 5) is 8.62. The van der Waals surface area contributed by atoms with Gasteiger partial charge in [-0.2, -0.15) is 10.1 Å². The number of nitrogens with zero attached hydrogens (tertiary/aromatic N) is 4. The monoisotopic (exact) mass is 324 g/mol. The highest BCUT2D eigenvalue weighted by atomic mass is 79.9. The van der Waals surface area contributed by atoms with Crippen molar-refractivity contribution in [2.75, 3.05) is 17.2 Å². The third kappa shape index (κ3) is 3.92. The van der Waals surface area contributed by atoms with Gasteiger partial charge in [-0.3, -0.25) is 4.68 Å². The van der Waals surface area contributed by atoms with E-state index in [1.54, 1.807) is 10.9 Å². The Bertz CT molecular complexity index is 539. The Morgan fingerprint density at radius 3 is 2.89 bits per heavy atom. The zero-order chi connectivity index (χ0) is 13.7. The molecule has 0 aliphatic heterocycles. The second-order valence-corrected chi connectivity index (χ2v) is 5.01. The lowest BCUT2D eigenvalue weighted by Crippen LogP contribution is -2.08. The Balaban J connectivity index is 2.02. The third-order valence-corrected chi connectivity index (χ3v) is 3.06. The maximum Gasteiger partial charge on any atom is 0.224 e. The number of anilines is 2. The van der Waals surface area contributed by atoms with Crippen molar-refractivity contribution >= 4 is 27.7 Å². The molecule has 2 aromatic rings. The van der Waals surface area contributed by atoms with Gasteiger partial charge in [0, 0.05) is 26.0 Å². The van der Waals surface area contributed by atoms with E-state index in [4.69, 9.17) is 0 Å². The first-order valence-corrected chi connectivity index (χ1v) is 6.97. The van der Waals surface area contributed by atoms with Crippen molar-refractivity contribution in [1.29, 1.82) is 0 Å². The van der Waals surface area contributed by atoms with Crippen molar-refractivity contribution in [3.05, 3.63) is 28.6 Å². The molecule has 0 unspecified atom stereocenters. The van der Waals surface area contributed by atoms with Crippen LogP contribution in [0.1, 0.15) is 19.0 Å². The topological polar surface area (TPSA) is 67.7 Å². The molecule has 2 aromatic heterocycles. The van der Waals surface area contributed by atoms with Gasteiger partial charge in [0.15, 0.2) is 0 Å². The molecule has 2 N–H and O–H groups in total. The summed E-state index contributed by atoms with van der Waals surface area (Å²) in [6.45, 7) is 3.59.